The van der Waals surface area contributed by atoms with Gasteiger partial charge in [-0.25, -0.2) is 0 Å². The SMILES string of the molecule is CN(C)CCN1C(=O)c2cccc3cc(NCc4ccccc4OC4OC(CO)C(O)C(O)C4O)cc(c23)C1=O.Cl. The van der Waals surface area contributed by atoms with Crippen molar-refractivity contribution in [1.82, 2.24) is 9.80 Å². The van der Waals surface area contributed by atoms with Crippen LogP contribution in [0.1, 0.15) is 26.3 Å². The number of hydrogen-bond donors (Lipinski definition) is 5. The van der Waals surface area contributed by atoms with E-state index in [0.29, 0.717) is 40.1 Å². The van der Waals surface area contributed by atoms with Gasteiger partial charge in [-0.3, -0.25) is 14.5 Å². The maximum Gasteiger partial charge on any atom is 0.261 e. The van der Waals surface area contributed by atoms with Crippen LogP contribution in [0.2, 0.25) is 0 Å². The van der Waals surface area contributed by atoms with Crippen LogP contribution in [0.5, 0.6) is 5.75 Å². The molecule has 5 atom stereocenters. The highest BCUT2D eigenvalue weighted by Crippen LogP contribution is 2.33. The van der Waals surface area contributed by atoms with Crippen molar-refractivity contribution in [2.45, 2.75) is 37.3 Å². The van der Waals surface area contributed by atoms with Crippen LogP contribution in [0, 0.1) is 0 Å². The first-order valence-corrected chi connectivity index (χ1v) is 13.1. The summed E-state index contributed by atoms with van der Waals surface area (Å²) in [5.74, 6) is -0.282. The number of amides is 2. The van der Waals surface area contributed by atoms with E-state index in [1.807, 2.05) is 43.3 Å². The van der Waals surface area contributed by atoms with Gasteiger partial charge in [-0.1, -0.05) is 30.3 Å². The molecular weight excluding hydrogens is 554 g/mol. The zero-order valence-electron chi connectivity index (χ0n) is 22.6. The number of nitrogens with one attached hydrogen (secondary N) is 1. The molecule has 12 heteroatoms. The fourth-order valence-electron chi connectivity index (χ4n) is 5.01. The molecule has 1 fully saturated rings. The molecule has 5 unspecified atom stereocenters. The summed E-state index contributed by atoms with van der Waals surface area (Å²) < 4.78 is 11.4. The summed E-state index contributed by atoms with van der Waals surface area (Å²) in [5, 5.41) is 44.7. The first-order valence-electron chi connectivity index (χ1n) is 13.1. The molecule has 0 aromatic heterocycles. The van der Waals surface area contributed by atoms with Crippen LogP contribution in [-0.2, 0) is 11.3 Å². The highest BCUT2D eigenvalue weighted by atomic mass is 35.5. The molecule has 0 radical (unpaired) electrons. The largest absolute Gasteiger partial charge is 0.462 e. The molecule has 220 valence electrons. The number of anilines is 1. The predicted octanol–water partition coefficient (Wildman–Crippen LogP) is 1.21. The van der Waals surface area contributed by atoms with E-state index in [1.54, 1.807) is 30.3 Å². The van der Waals surface area contributed by atoms with E-state index < -0.39 is 37.3 Å². The molecule has 1 saturated heterocycles. The van der Waals surface area contributed by atoms with Gasteiger partial charge in [0.25, 0.3) is 11.8 Å². The Balaban J connectivity index is 0.00000387. The molecule has 2 heterocycles. The second-order valence-corrected chi connectivity index (χ2v) is 10.3. The van der Waals surface area contributed by atoms with Gasteiger partial charge in [0, 0.05) is 41.8 Å². The molecule has 2 aliphatic rings. The van der Waals surface area contributed by atoms with Gasteiger partial charge in [-0.15, -0.1) is 12.4 Å². The Morgan fingerprint density at radius 3 is 2.41 bits per heavy atom. The van der Waals surface area contributed by atoms with Crippen molar-refractivity contribution in [3.63, 3.8) is 0 Å². The topological polar surface area (TPSA) is 152 Å². The predicted molar refractivity (Wildman–Crippen MR) is 153 cm³/mol. The number of para-hydroxylation sites is 1. The first-order chi connectivity index (χ1) is 19.2. The van der Waals surface area contributed by atoms with Crippen LogP contribution in [0.4, 0.5) is 5.69 Å². The lowest BCUT2D eigenvalue weighted by atomic mass is 9.93. The number of benzene rings is 3. The molecule has 5 rings (SSSR count). The minimum absolute atomic E-state index is 0. The van der Waals surface area contributed by atoms with Crippen molar-refractivity contribution in [2.24, 2.45) is 0 Å². The van der Waals surface area contributed by atoms with Gasteiger partial charge in [0.05, 0.1) is 12.2 Å². The lowest BCUT2D eigenvalue weighted by Gasteiger charge is -2.39. The number of hydrogen-bond acceptors (Lipinski definition) is 10. The summed E-state index contributed by atoms with van der Waals surface area (Å²) in [6.07, 6.45) is -6.98. The molecule has 11 nitrogen and oxygen atoms in total. The maximum atomic E-state index is 13.4. The highest BCUT2D eigenvalue weighted by Gasteiger charge is 2.45. The Morgan fingerprint density at radius 2 is 1.68 bits per heavy atom. The molecule has 3 aromatic rings. The molecule has 0 bridgehead atoms. The van der Waals surface area contributed by atoms with Gasteiger partial charge in [0.1, 0.15) is 30.2 Å². The average molecular weight is 588 g/mol. The van der Waals surface area contributed by atoms with Crippen molar-refractivity contribution >= 4 is 40.7 Å². The van der Waals surface area contributed by atoms with Gasteiger partial charge in [-0.05, 0) is 43.7 Å². The van der Waals surface area contributed by atoms with Crippen LogP contribution in [0.15, 0.2) is 54.6 Å². The van der Waals surface area contributed by atoms with Gasteiger partial charge in [0.2, 0.25) is 6.29 Å². The third-order valence-corrected chi connectivity index (χ3v) is 7.25. The van der Waals surface area contributed by atoms with E-state index in [2.05, 4.69) is 5.32 Å². The van der Waals surface area contributed by atoms with Gasteiger partial charge in [-0.2, -0.15) is 0 Å². The van der Waals surface area contributed by atoms with Crippen LogP contribution in [0.3, 0.4) is 0 Å². The number of carbonyl (C=O) groups excluding carboxylic acids is 2. The molecular formula is C29H34ClN3O8. The van der Waals surface area contributed by atoms with Gasteiger partial charge < -0.3 is 40.1 Å². The molecule has 41 heavy (non-hydrogen) atoms. The molecule has 0 saturated carbocycles. The number of ether oxygens (including phenoxy) is 2. The molecule has 5 N–H and O–H groups in total. The third-order valence-electron chi connectivity index (χ3n) is 7.25. The van der Waals surface area contributed by atoms with Crippen LogP contribution in [0.25, 0.3) is 10.8 Å². The number of nitrogens with zero attached hydrogens (tertiary/aromatic N) is 2. The summed E-state index contributed by atoms with van der Waals surface area (Å²) in [4.78, 5) is 29.7. The number of imide groups is 1. The molecule has 2 amide bonds. The number of aliphatic hydroxyl groups is 4. The Bertz CT molecular complexity index is 1420. The zero-order chi connectivity index (χ0) is 28.6. The fraction of sp³-hybridized carbons (Fsp3) is 0.379. The Morgan fingerprint density at radius 1 is 0.951 bits per heavy atom. The average Bonchev–Trinajstić information content (AvgIpc) is 2.95. The summed E-state index contributed by atoms with van der Waals surface area (Å²) in [5.41, 5.74) is 2.30. The lowest BCUT2D eigenvalue weighted by Crippen LogP contribution is -2.60. The van der Waals surface area contributed by atoms with E-state index in [4.69, 9.17) is 9.47 Å². The van der Waals surface area contributed by atoms with Crippen LogP contribution < -0.4 is 10.1 Å². The molecule has 0 aliphatic carbocycles. The number of halogens is 1. The van der Waals surface area contributed by atoms with E-state index in [9.17, 15) is 30.0 Å². The number of carbonyl (C=O) groups is 2. The van der Waals surface area contributed by atoms with Crippen molar-refractivity contribution in [3.8, 4) is 5.75 Å². The zero-order valence-corrected chi connectivity index (χ0v) is 23.5. The van der Waals surface area contributed by atoms with Crippen molar-refractivity contribution in [1.29, 1.82) is 0 Å². The second kappa shape index (κ2) is 12.7. The summed E-state index contributed by atoms with van der Waals surface area (Å²) in [7, 11) is 3.77. The quantitative estimate of drug-likeness (QED) is 0.231. The Hall–Kier alpha value is -3.29. The van der Waals surface area contributed by atoms with E-state index in [1.165, 1.54) is 4.90 Å². The second-order valence-electron chi connectivity index (χ2n) is 10.3. The van der Waals surface area contributed by atoms with Crippen molar-refractivity contribution < 1.29 is 39.5 Å². The minimum Gasteiger partial charge on any atom is -0.462 e. The third kappa shape index (κ3) is 6.02. The summed E-state index contributed by atoms with van der Waals surface area (Å²) in [6.45, 7) is 0.541. The smallest absolute Gasteiger partial charge is 0.261 e. The highest BCUT2D eigenvalue weighted by molar-refractivity contribution is 6.26. The number of aliphatic hydroxyl groups excluding tert-OH is 4. The van der Waals surface area contributed by atoms with Crippen molar-refractivity contribution in [3.05, 3.63) is 71.3 Å². The monoisotopic (exact) mass is 587 g/mol. The van der Waals surface area contributed by atoms with Gasteiger partial charge >= 0.3 is 0 Å². The van der Waals surface area contributed by atoms with Gasteiger partial charge in [0.15, 0.2) is 0 Å². The minimum atomic E-state index is -1.55. The normalized spacial score (nSPS) is 24.0. The first kappa shape index (κ1) is 30.7. The lowest BCUT2D eigenvalue weighted by molar-refractivity contribution is -0.277. The van der Waals surface area contributed by atoms with Crippen molar-refractivity contribution in [2.75, 3.05) is 39.1 Å². The summed E-state index contributed by atoms with van der Waals surface area (Å²) in [6, 6.07) is 16.0. The van der Waals surface area contributed by atoms with Crippen LogP contribution in [-0.4, -0.2) is 107 Å². The molecule has 3 aromatic carbocycles. The fourth-order valence-corrected chi connectivity index (χ4v) is 5.01. The number of rotatable bonds is 9. The van der Waals surface area contributed by atoms with Crippen LogP contribution >= 0.6 is 12.4 Å². The Labute approximate surface area is 243 Å². The van der Waals surface area contributed by atoms with E-state index >= 15 is 0 Å². The standard InChI is InChI=1S/C29H33N3O8.ClH/c1-31(2)10-11-32-27(37)19-8-5-7-16-12-18(13-20(23(16)19)28(32)38)30-14-17-6-3-4-9-21(17)39-29-26(36)25(35)24(34)22(15-33)40-29;/h3-9,12-13,22,24-26,29-30,33-36H,10-11,14-15H2,1-2H3;1H. The molecule has 0 spiro atoms. The van der Waals surface area contributed by atoms with E-state index in [-0.39, 0.29) is 37.3 Å². The summed E-state index contributed by atoms with van der Waals surface area (Å²) >= 11 is 0. The van der Waals surface area contributed by atoms with E-state index in [0.717, 1.165) is 5.39 Å². The maximum absolute atomic E-state index is 13.4. The molecule has 2 aliphatic heterocycles. The number of likely N-dealkylation sites (N-methyl/N-ethyl adjacent to an activating group) is 1. The Kier molecular flexibility index (Phi) is 9.50.